The van der Waals surface area contributed by atoms with Gasteiger partial charge in [-0.05, 0) is 49.9 Å². The van der Waals surface area contributed by atoms with Crippen LogP contribution in [-0.2, 0) is 0 Å². The molecule has 1 unspecified atom stereocenters. The summed E-state index contributed by atoms with van der Waals surface area (Å²) >= 11 is 0. The Bertz CT molecular complexity index is 374. The standard InChI is InChI=1S/C14H20FNO/c1-10(11-6-8-16-9-7-11)14-12(15)4-3-5-13(14)17-2/h3-5,10-11,16H,6-9H2,1-2H3. The number of rotatable bonds is 3. The Hall–Kier alpha value is -1.09. The Labute approximate surface area is 102 Å². The molecule has 0 spiro atoms. The zero-order chi connectivity index (χ0) is 12.3. The SMILES string of the molecule is COc1cccc(F)c1C(C)C1CCNCC1. The minimum atomic E-state index is -0.143. The molecule has 3 heteroatoms. The molecule has 1 aliphatic rings. The predicted molar refractivity (Wildman–Crippen MR) is 67.0 cm³/mol. The summed E-state index contributed by atoms with van der Waals surface area (Å²) in [4.78, 5) is 0. The Morgan fingerprint density at radius 2 is 2.06 bits per heavy atom. The van der Waals surface area contributed by atoms with E-state index in [1.807, 2.05) is 6.07 Å². The second-order valence-electron chi connectivity index (χ2n) is 4.73. The second kappa shape index (κ2) is 5.50. The van der Waals surface area contributed by atoms with E-state index in [0.717, 1.165) is 31.5 Å². The van der Waals surface area contributed by atoms with Crippen molar-refractivity contribution >= 4 is 0 Å². The van der Waals surface area contributed by atoms with E-state index in [2.05, 4.69) is 12.2 Å². The van der Waals surface area contributed by atoms with Crippen molar-refractivity contribution in [2.24, 2.45) is 5.92 Å². The first-order chi connectivity index (χ1) is 8.24. The third kappa shape index (κ3) is 2.60. The molecule has 1 N–H and O–H groups in total. The second-order valence-corrected chi connectivity index (χ2v) is 4.73. The third-order valence-corrected chi connectivity index (χ3v) is 3.78. The molecule has 1 aliphatic heterocycles. The van der Waals surface area contributed by atoms with Crippen LogP contribution >= 0.6 is 0 Å². The summed E-state index contributed by atoms with van der Waals surface area (Å²) in [5.74, 6) is 1.29. The first-order valence-electron chi connectivity index (χ1n) is 6.27. The molecule has 17 heavy (non-hydrogen) atoms. The molecule has 0 radical (unpaired) electrons. The van der Waals surface area contributed by atoms with E-state index in [9.17, 15) is 4.39 Å². The average molecular weight is 237 g/mol. The van der Waals surface area contributed by atoms with Gasteiger partial charge >= 0.3 is 0 Å². The predicted octanol–water partition coefficient (Wildman–Crippen LogP) is 2.94. The van der Waals surface area contributed by atoms with E-state index >= 15 is 0 Å². The van der Waals surface area contributed by atoms with Crippen molar-refractivity contribution in [1.29, 1.82) is 0 Å². The fourth-order valence-corrected chi connectivity index (χ4v) is 2.72. The lowest BCUT2D eigenvalue weighted by Crippen LogP contribution is -2.30. The minimum absolute atomic E-state index is 0.143. The van der Waals surface area contributed by atoms with Gasteiger partial charge in [-0.1, -0.05) is 13.0 Å². The first kappa shape index (κ1) is 12.4. The summed E-state index contributed by atoms with van der Waals surface area (Å²) in [7, 11) is 1.60. The van der Waals surface area contributed by atoms with Crippen molar-refractivity contribution < 1.29 is 9.13 Å². The third-order valence-electron chi connectivity index (χ3n) is 3.78. The van der Waals surface area contributed by atoms with Crippen molar-refractivity contribution in [2.75, 3.05) is 20.2 Å². The van der Waals surface area contributed by atoms with Crippen LogP contribution in [0.1, 0.15) is 31.2 Å². The lowest BCUT2D eigenvalue weighted by atomic mass is 9.81. The quantitative estimate of drug-likeness (QED) is 0.872. The Morgan fingerprint density at radius 3 is 2.71 bits per heavy atom. The van der Waals surface area contributed by atoms with Crippen LogP contribution < -0.4 is 10.1 Å². The molecule has 1 saturated heterocycles. The van der Waals surface area contributed by atoms with Crippen LogP contribution in [0.2, 0.25) is 0 Å². The number of benzene rings is 1. The highest BCUT2D eigenvalue weighted by atomic mass is 19.1. The van der Waals surface area contributed by atoms with Gasteiger partial charge in [0, 0.05) is 5.56 Å². The van der Waals surface area contributed by atoms with Gasteiger partial charge < -0.3 is 10.1 Å². The molecule has 2 nitrogen and oxygen atoms in total. The average Bonchev–Trinajstić information content (AvgIpc) is 2.38. The number of halogens is 1. The van der Waals surface area contributed by atoms with Gasteiger partial charge in [-0.25, -0.2) is 4.39 Å². The molecular weight excluding hydrogens is 217 g/mol. The van der Waals surface area contributed by atoms with Crippen molar-refractivity contribution in [2.45, 2.75) is 25.7 Å². The smallest absolute Gasteiger partial charge is 0.130 e. The van der Waals surface area contributed by atoms with Crippen molar-refractivity contribution in [3.05, 3.63) is 29.6 Å². The highest BCUT2D eigenvalue weighted by Gasteiger charge is 2.25. The number of ether oxygens (including phenoxy) is 1. The van der Waals surface area contributed by atoms with Crippen LogP contribution in [0.5, 0.6) is 5.75 Å². The fourth-order valence-electron chi connectivity index (χ4n) is 2.72. The topological polar surface area (TPSA) is 21.3 Å². The van der Waals surface area contributed by atoms with Gasteiger partial charge in [-0.15, -0.1) is 0 Å². The molecule has 0 amide bonds. The van der Waals surface area contributed by atoms with E-state index in [4.69, 9.17) is 4.74 Å². The van der Waals surface area contributed by atoms with Crippen LogP contribution in [-0.4, -0.2) is 20.2 Å². The Morgan fingerprint density at radius 1 is 1.35 bits per heavy atom. The summed E-state index contributed by atoms with van der Waals surface area (Å²) in [6.45, 7) is 4.18. The number of methoxy groups -OCH3 is 1. The lowest BCUT2D eigenvalue weighted by Gasteiger charge is -2.29. The monoisotopic (exact) mass is 237 g/mol. The molecular formula is C14H20FNO. The molecule has 1 aromatic carbocycles. The molecule has 1 heterocycles. The fraction of sp³-hybridized carbons (Fsp3) is 0.571. The number of nitrogens with one attached hydrogen (secondary N) is 1. The molecule has 2 rings (SSSR count). The van der Waals surface area contributed by atoms with Crippen LogP contribution in [0.4, 0.5) is 4.39 Å². The van der Waals surface area contributed by atoms with Crippen LogP contribution in [0.3, 0.4) is 0 Å². The van der Waals surface area contributed by atoms with E-state index in [-0.39, 0.29) is 11.7 Å². The maximum Gasteiger partial charge on any atom is 0.130 e. The van der Waals surface area contributed by atoms with E-state index in [0.29, 0.717) is 11.7 Å². The zero-order valence-electron chi connectivity index (χ0n) is 10.5. The maximum absolute atomic E-state index is 13.9. The van der Waals surface area contributed by atoms with Crippen LogP contribution in [0, 0.1) is 11.7 Å². The van der Waals surface area contributed by atoms with Gasteiger partial charge in [0.05, 0.1) is 7.11 Å². The zero-order valence-corrected chi connectivity index (χ0v) is 10.5. The Balaban J connectivity index is 2.25. The first-order valence-corrected chi connectivity index (χ1v) is 6.27. The van der Waals surface area contributed by atoms with E-state index in [1.54, 1.807) is 13.2 Å². The minimum Gasteiger partial charge on any atom is -0.496 e. The van der Waals surface area contributed by atoms with Gasteiger partial charge in [-0.2, -0.15) is 0 Å². The molecule has 0 aromatic heterocycles. The van der Waals surface area contributed by atoms with Gasteiger partial charge in [0.2, 0.25) is 0 Å². The van der Waals surface area contributed by atoms with Gasteiger partial charge in [0.1, 0.15) is 11.6 Å². The molecule has 1 atom stereocenters. The van der Waals surface area contributed by atoms with Crippen LogP contribution in [0.25, 0.3) is 0 Å². The Kier molecular flexibility index (Phi) is 4.00. The van der Waals surface area contributed by atoms with Crippen molar-refractivity contribution in [3.8, 4) is 5.75 Å². The summed E-state index contributed by atoms with van der Waals surface area (Å²) in [6, 6.07) is 5.07. The molecule has 94 valence electrons. The largest absolute Gasteiger partial charge is 0.496 e. The molecule has 0 aliphatic carbocycles. The normalized spacial score (nSPS) is 19.0. The van der Waals surface area contributed by atoms with Gasteiger partial charge in [0.25, 0.3) is 0 Å². The maximum atomic E-state index is 13.9. The summed E-state index contributed by atoms with van der Waals surface area (Å²) in [6.07, 6.45) is 2.22. The molecule has 0 saturated carbocycles. The molecule has 0 bridgehead atoms. The van der Waals surface area contributed by atoms with Gasteiger partial charge in [0.15, 0.2) is 0 Å². The molecule has 1 fully saturated rings. The van der Waals surface area contributed by atoms with Crippen molar-refractivity contribution in [3.63, 3.8) is 0 Å². The molecule has 1 aromatic rings. The number of piperidine rings is 1. The van der Waals surface area contributed by atoms with Crippen LogP contribution in [0.15, 0.2) is 18.2 Å². The summed E-state index contributed by atoms with van der Waals surface area (Å²) < 4.78 is 19.2. The number of hydrogen-bond donors (Lipinski definition) is 1. The lowest BCUT2D eigenvalue weighted by molar-refractivity contribution is 0.315. The van der Waals surface area contributed by atoms with Crippen molar-refractivity contribution in [1.82, 2.24) is 5.32 Å². The van der Waals surface area contributed by atoms with Gasteiger partial charge in [-0.3, -0.25) is 0 Å². The van der Waals surface area contributed by atoms with E-state index in [1.165, 1.54) is 6.07 Å². The summed E-state index contributed by atoms with van der Waals surface area (Å²) in [5, 5.41) is 3.34. The van der Waals surface area contributed by atoms with E-state index < -0.39 is 0 Å². The highest BCUT2D eigenvalue weighted by molar-refractivity contribution is 5.37. The highest BCUT2D eigenvalue weighted by Crippen LogP contribution is 2.37. The number of hydrogen-bond acceptors (Lipinski definition) is 2. The summed E-state index contributed by atoms with van der Waals surface area (Å²) in [5.41, 5.74) is 0.738.